The molecule has 0 aliphatic heterocycles. The summed E-state index contributed by atoms with van der Waals surface area (Å²) >= 11 is 0. The van der Waals surface area contributed by atoms with Gasteiger partial charge in [-0.3, -0.25) is 9.59 Å². The Morgan fingerprint density at radius 1 is 0.938 bits per heavy atom. The number of anilines is 2. The fourth-order valence-corrected chi connectivity index (χ4v) is 2.64. The summed E-state index contributed by atoms with van der Waals surface area (Å²) in [5.74, 6) is -2.06. The summed E-state index contributed by atoms with van der Waals surface area (Å²) in [5, 5.41) is 11.8. The van der Waals surface area contributed by atoms with E-state index in [-0.39, 0.29) is 17.3 Å². The van der Waals surface area contributed by atoms with Gasteiger partial charge in [0, 0.05) is 16.8 Å². The van der Waals surface area contributed by atoms with Crippen molar-refractivity contribution in [2.45, 2.75) is 26.9 Å². The number of nitrogens with one attached hydrogen (secondary N) is 2. The van der Waals surface area contributed by atoms with Gasteiger partial charge in [0.1, 0.15) is 5.82 Å². The third-order valence-corrected chi connectivity index (χ3v) is 4.28. The fourth-order valence-electron chi connectivity index (χ4n) is 2.64. The van der Waals surface area contributed by atoms with Crippen LogP contribution in [0.4, 0.5) is 28.9 Å². The molecule has 1 heterocycles. The topological polar surface area (TPSA) is 88.9 Å². The lowest BCUT2D eigenvalue weighted by Crippen LogP contribution is -2.27. The van der Waals surface area contributed by atoms with Gasteiger partial charge in [0.05, 0.1) is 5.69 Å². The van der Waals surface area contributed by atoms with Gasteiger partial charge in [0.2, 0.25) is 5.91 Å². The average Bonchev–Trinajstić information content (AvgIpc) is 3.14. The molecule has 11 heteroatoms. The molecule has 1 aromatic heterocycles. The van der Waals surface area contributed by atoms with Gasteiger partial charge >= 0.3 is 6.18 Å². The second-order valence-electron chi connectivity index (χ2n) is 7.91. The maximum Gasteiger partial charge on any atom is 0.435 e. The Morgan fingerprint density at radius 2 is 1.53 bits per heavy atom. The molecule has 0 aliphatic carbocycles. The van der Waals surface area contributed by atoms with Crippen molar-refractivity contribution < 1.29 is 27.2 Å². The van der Waals surface area contributed by atoms with Gasteiger partial charge in [-0.15, -0.1) is 5.10 Å². The molecule has 2 aromatic carbocycles. The maximum absolute atomic E-state index is 13.7. The lowest BCUT2D eigenvalue weighted by atomic mass is 9.95. The van der Waals surface area contributed by atoms with Crippen LogP contribution in [0.3, 0.4) is 0 Å². The molecule has 0 fully saturated rings. The van der Waals surface area contributed by atoms with E-state index in [1.807, 2.05) is 0 Å². The SMILES string of the molecule is CC(C)(C)C(=O)Nc1cccc(NC(=O)c2nnn(-c3ccc(F)cc3)c2C(F)(F)F)c1. The number of amides is 2. The van der Waals surface area contributed by atoms with E-state index in [9.17, 15) is 27.2 Å². The van der Waals surface area contributed by atoms with Gasteiger partial charge in [-0.25, -0.2) is 9.07 Å². The predicted molar refractivity (Wildman–Crippen MR) is 109 cm³/mol. The van der Waals surface area contributed by atoms with Gasteiger partial charge in [-0.1, -0.05) is 32.1 Å². The Morgan fingerprint density at radius 3 is 2.09 bits per heavy atom. The largest absolute Gasteiger partial charge is 0.435 e. The van der Waals surface area contributed by atoms with Crippen LogP contribution in [0, 0.1) is 11.2 Å². The number of nitrogens with zero attached hydrogens (tertiary/aromatic N) is 3. The smallest absolute Gasteiger partial charge is 0.326 e. The molecule has 0 atom stereocenters. The number of hydrogen-bond acceptors (Lipinski definition) is 4. The molecule has 2 amide bonds. The minimum atomic E-state index is -4.97. The van der Waals surface area contributed by atoms with Crippen molar-refractivity contribution in [1.82, 2.24) is 15.0 Å². The molecule has 3 aromatic rings. The highest BCUT2D eigenvalue weighted by atomic mass is 19.4. The third kappa shape index (κ3) is 5.10. The number of carbonyl (C=O) groups is 2. The minimum absolute atomic E-state index is 0.114. The molecular formula is C21H19F4N5O2. The Hall–Kier alpha value is -3.76. The van der Waals surface area contributed by atoms with E-state index in [1.54, 1.807) is 26.8 Å². The second kappa shape index (κ2) is 8.40. The molecule has 168 valence electrons. The van der Waals surface area contributed by atoms with Crippen LogP contribution in [0.1, 0.15) is 37.0 Å². The molecule has 3 rings (SSSR count). The highest BCUT2D eigenvalue weighted by Gasteiger charge is 2.42. The molecule has 0 radical (unpaired) electrons. The Bertz CT molecular complexity index is 1150. The van der Waals surface area contributed by atoms with Crippen molar-refractivity contribution >= 4 is 23.2 Å². The van der Waals surface area contributed by atoms with E-state index in [0.717, 1.165) is 24.3 Å². The molecule has 0 aliphatic rings. The van der Waals surface area contributed by atoms with Crippen LogP contribution in [0.15, 0.2) is 48.5 Å². The first kappa shape index (κ1) is 22.9. The summed E-state index contributed by atoms with van der Waals surface area (Å²) in [5.41, 5.74) is -2.64. The molecule has 7 nitrogen and oxygen atoms in total. The third-order valence-electron chi connectivity index (χ3n) is 4.28. The van der Waals surface area contributed by atoms with Crippen molar-refractivity contribution in [1.29, 1.82) is 0 Å². The van der Waals surface area contributed by atoms with E-state index < -0.39 is 34.7 Å². The summed E-state index contributed by atoms with van der Waals surface area (Å²) in [6.07, 6.45) is -4.97. The normalized spacial score (nSPS) is 11.8. The summed E-state index contributed by atoms with van der Waals surface area (Å²) < 4.78 is 54.7. The first-order chi connectivity index (χ1) is 14.9. The molecule has 0 bridgehead atoms. The van der Waals surface area contributed by atoms with Crippen LogP contribution >= 0.6 is 0 Å². The van der Waals surface area contributed by atoms with E-state index >= 15 is 0 Å². The van der Waals surface area contributed by atoms with E-state index in [4.69, 9.17) is 0 Å². The molecule has 2 N–H and O–H groups in total. The Kier molecular flexibility index (Phi) is 6.02. The van der Waals surface area contributed by atoms with Crippen molar-refractivity contribution in [2.75, 3.05) is 10.6 Å². The van der Waals surface area contributed by atoms with Gasteiger partial charge in [-0.05, 0) is 42.5 Å². The first-order valence-corrected chi connectivity index (χ1v) is 9.38. The van der Waals surface area contributed by atoms with E-state index in [0.29, 0.717) is 10.4 Å². The van der Waals surface area contributed by atoms with Crippen molar-refractivity contribution in [2.24, 2.45) is 5.41 Å². The number of benzene rings is 2. The van der Waals surface area contributed by atoms with Crippen LogP contribution in [0.25, 0.3) is 5.69 Å². The quantitative estimate of drug-likeness (QED) is 0.567. The second-order valence-corrected chi connectivity index (χ2v) is 7.91. The minimum Gasteiger partial charge on any atom is -0.326 e. The van der Waals surface area contributed by atoms with E-state index in [2.05, 4.69) is 20.9 Å². The molecule has 0 unspecified atom stereocenters. The zero-order chi connectivity index (χ0) is 23.7. The summed E-state index contributed by atoms with van der Waals surface area (Å²) in [6, 6.07) is 10.0. The fraction of sp³-hybridized carbons (Fsp3) is 0.238. The highest BCUT2D eigenvalue weighted by Crippen LogP contribution is 2.33. The van der Waals surface area contributed by atoms with Crippen LogP contribution in [0.5, 0.6) is 0 Å². The van der Waals surface area contributed by atoms with Crippen molar-refractivity contribution in [3.63, 3.8) is 0 Å². The molecular weight excluding hydrogens is 430 g/mol. The van der Waals surface area contributed by atoms with E-state index in [1.165, 1.54) is 18.2 Å². The molecule has 0 saturated heterocycles. The summed E-state index contributed by atoms with van der Waals surface area (Å²) in [4.78, 5) is 24.7. The van der Waals surface area contributed by atoms with Gasteiger partial charge < -0.3 is 10.6 Å². The number of hydrogen-bond donors (Lipinski definition) is 2. The highest BCUT2D eigenvalue weighted by molar-refractivity contribution is 6.04. The first-order valence-electron chi connectivity index (χ1n) is 9.38. The van der Waals surface area contributed by atoms with Crippen LogP contribution in [0.2, 0.25) is 0 Å². The Balaban J connectivity index is 1.90. The molecule has 32 heavy (non-hydrogen) atoms. The zero-order valence-corrected chi connectivity index (χ0v) is 17.3. The Labute approximate surface area is 180 Å². The number of rotatable bonds is 4. The van der Waals surface area contributed by atoms with Gasteiger partial charge in [0.25, 0.3) is 5.91 Å². The summed E-state index contributed by atoms with van der Waals surface area (Å²) in [7, 11) is 0. The standard InChI is InChI=1S/C21H19F4N5O2/c1-20(2,3)19(32)27-14-6-4-5-13(11-14)26-18(31)16-17(21(23,24)25)30(29-28-16)15-9-7-12(22)8-10-15/h4-11H,1-3H3,(H,26,31)(H,27,32). The zero-order valence-electron chi connectivity index (χ0n) is 17.3. The van der Waals surface area contributed by atoms with Gasteiger partial charge in [0.15, 0.2) is 11.4 Å². The van der Waals surface area contributed by atoms with Crippen LogP contribution in [-0.4, -0.2) is 26.8 Å². The number of halogens is 4. The number of aromatic nitrogens is 3. The molecule has 0 saturated carbocycles. The lowest BCUT2D eigenvalue weighted by molar-refractivity contribution is -0.143. The lowest BCUT2D eigenvalue weighted by Gasteiger charge is -2.18. The van der Waals surface area contributed by atoms with Crippen molar-refractivity contribution in [3.05, 3.63) is 65.7 Å². The van der Waals surface area contributed by atoms with Crippen LogP contribution < -0.4 is 10.6 Å². The van der Waals surface area contributed by atoms with Crippen molar-refractivity contribution in [3.8, 4) is 5.69 Å². The summed E-state index contributed by atoms with van der Waals surface area (Å²) in [6.45, 7) is 5.16. The van der Waals surface area contributed by atoms with Crippen LogP contribution in [-0.2, 0) is 11.0 Å². The molecule has 0 spiro atoms. The average molecular weight is 449 g/mol. The van der Waals surface area contributed by atoms with Gasteiger partial charge in [-0.2, -0.15) is 13.2 Å². The number of carbonyl (C=O) groups excluding carboxylic acids is 2. The maximum atomic E-state index is 13.7. The number of alkyl halides is 3. The monoisotopic (exact) mass is 449 g/mol. The predicted octanol–water partition coefficient (Wildman–Crippen LogP) is 4.66.